The lowest BCUT2D eigenvalue weighted by atomic mass is 9.80. The number of fused-ring (bicyclic) bond motifs is 2. The van der Waals surface area contributed by atoms with Gasteiger partial charge in [-0.15, -0.1) is 0 Å². The van der Waals surface area contributed by atoms with Gasteiger partial charge in [-0.1, -0.05) is 24.9 Å². The Morgan fingerprint density at radius 3 is 2.81 bits per heavy atom. The van der Waals surface area contributed by atoms with Crippen LogP contribution in [0.25, 0.3) is 0 Å². The summed E-state index contributed by atoms with van der Waals surface area (Å²) in [6, 6.07) is 6.40. The Morgan fingerprint density at radius 2 is 2.19 bits per heavy atom. The highest BCUT2D eigenvalue weighted by Crippen LogP contribution is 2.53. The van der Waals surface area contributed by atoms with Gasteiger partial charge in [-0.3, -0.25) is 0 Å². The summed E-state index contributed by atoms with van der Waals surface area (Å²) in [6.45, 7) is 3.27. The first-order chi connectivity index (χ1) is 10.2. The van der Waals surface area contributed by atoms with E-state index in [1.165, 1.54) is 31.2 Å². The molecule has 4 atom stereocenters. The molecule has 1 aromatic rings. The minimum atomic E-state index is 0.383. The molecule has 2 nitrogen and oxygen atoms in total. The number of rotatable bonds is 6. The molecule has 0 amide bonds. The lowest BCUT2D eigenvalue weighted by Gasteiger charge is -2.32. The lowest BCUT2D eigenvalue weighted by molar-refractivity contribution is 0.246. The van der Waals surface area contributed by atoms with Crippen molar-refractivity contribution >= 4 is 11.6 Å². The molecule has 0 aromatic heterocycles. The van der Waals surface area contributed by atoms with Gasteiger partial charge in [0.15, 0.2) is 0 Å². The van der Waals surface area contributed by atoms with Crippen molar-refractivity contribution in [3.8, 4) is 5.75 Å². The number of methoxy groups -OCH3 is 1. The maximum Gasteiger partial charge on any atom is 0.123 e. The van der Waals surface area contributed by atoms with E-state index in [2.05, 4.69) is 18.3 Å². The van der Waals surface area contributed by atoms with Crippen LogP contribution in [0, 0.1) is 17.8 Å². The third-order valence-electron chi connectivity index (χ3n) is 5.36. The number of nitrogens with one attached hydrogen (secondary N) is 1. The van der Waals surface area contributed by atoms with Gasteiger partial charge in [0.25, 0.3) is 0 Å². The van der Waals surface area contributed by atoms with Crippen LogP contribution in [0.5, 0.6) is 5.75 Å². The van der Waals surface area contributed by atoms with Gasteiger partial charge >= 0.3 is 0 Å². The topological polar surface area (TPSA) is 21.3 Å². The molecule has 0 radical (unpaired) electrons. The van der Waals surface area contributed by atoms with E-state index in [9.17, 15) is 0 Å². The van der Waals surface area contributed by atoms with Crippen LogP contribution in [0.2, 0.25) is 5.02 Å². The highest BCUT2D eigenvalue weighted by Gasteiger charge is 2.43. The van der Waals surface area contributed by atoms with Gasteiger partial charge in [0.1, 0.15) is 5.75 Å². The van der Waals surface area contributed by atoms with E-state index in [4.69, 9.17) is 16.3 Å². The van der Waals surface area contributed by atoms with Crippen molar-refractivity contribution in [2.75, 3.05) is 13.7 Å². The van der Waals surface area contributed by atoms with E-state index in [0.717, 1.165) is 41.5 Å². The van der Waals surface area contributed by atoms with E-state index in [1.54, 1.807) is 7.11 Å². The van der Waals surface area contributed by atoms with Crippen LogP contribution >= 0.6 is 11.6 Å². The zero-order valence-electron chi connectivity index (χ0n) is 13.1. The van der Waals surface area contributed by atoms with Gasteiger partial charge in [0, 0.05) is 16.6 Å². The van der Waals surface area contributed by atoms with Crippen LogP contribution in [0.3, 0.4) is 0 Å². The molecule has 0 heterocycles. The summed E-state index contributed by atoms with van der Waals surface area (Å²) >= 11 is 6.25. The number of halogens is 1. The van der Waals surface area contributed by atoms with Crippen LogP contribution in [0.15, 0.2) is 18.2 Å². The second kappa shape index (κ2) is 6.58. The number of hydrogen-bond donors (Lipinski definition) is 1. The summed E-state index contributed by atoms with van der Waals surface area (Å²) in [5, 5.41) is 4.58. The molecule has 2 saturated carbocycles. The van der Waals surface area contributed by atoms with Crippen LogP contribution < -0.4 is 10.1 Å². The number of hydrogen-bond acceptors (Lipinski definition) is 2. The Morgan fingerprint density at radius 1 is 1.33 bits per heavy atom. The van der Waals surface area contributed by atoms with Crippen molar-refractivity contribution in [2.24, 2.45) is 17.8 Å². The maximum absolute atomic E-state index is 6.25. The first-order valence-corrected chi connectivity index (χ1v) is 8.67. The highest BCUT2D eigenvalue weighted by atomic mass is 35.5. The van der Waals surface area contributed by atoms with Crippen molar-refractivity contribution < 1.29 is 4.74 Å². The van der Waals surface area contributed by atoms with Crippen molar-refractivity contribution in [1.29, 1.82) is 0 Å². The molecule has 2 aliphatic carbocycles. The van der Waals surface area contributed by atoms with Gasteiger partial charge in [-0.2, -0.15) is 0 Å². The SMILES string of the molecule is CCCNC(c1cc(Cl)ccc1OC)C1CC2CCC1C2. The molecule has 1 N–H and O–H groups in total. The molecule has 3 heteroatoms. The number of ether oxygens (including phenoxy) is 1. The van der Waals surface area contributed by atoms with Gasteiger partial charge in [-0.25, -0.2) is 0 Å². The summed E-state index contributed by atoms with van der Waals surface area (Å²) in [7, 11) is 1.75. The molecule has 2 bridgehead atoms. The molecule has 2 fully saturated rings. The fourth-order valence-corrected chi connectivity index (χ4v) is 4.62. The zero-order valence-corrected chi connectivity index (χ0v) is 13.8. The van der Waals surface area contributed by atoms with Crippen molar-refractivity contribution in [1.82, 2.24) is 5.32 Å². The fraction of sp³-hybridized carbons (Fsp3) is 0.667. The molecule has 0 saturated heterocycles. The lowest BCUT2D eigenvalue weighted by Crippen LogP contribution is -2.32. The predicted molar refractivity (Wildman–Crippen MR) is 88.0 cm³/mol. The molecule has 3 rings (SSSR count). The summed E-state index contributed by atoms with van der Waals surface area (Å²) in [5.41, 5.74) is 1.25. The minimum absolute atomic E-state index is 0.383. The minimum Gasteiger partial charge on any atom is -0.496 e. The van der Waals surface area contributed by atoms with Crippen LogP contribution in [0.1, 0.15) is 50.6 Å². The molecule has 0 spiro atoms. The Bertz CT molecular complexity index is 490. The van der Waals surface area contributed by atoms with Crippen LogP contribution in [-0.4, -0.2) is 13.7 Å². The molecule has 4 unspecified atom stereocenters. The van der Waals surface area contributed by atoms with E-state index in [-0.39, 0.29) is 0 Å². The first-order valence-electron chi connectivity index (χ1n) is 8.29. The molecule has 1 aromatic carbocycles. The smallest absolute Gasteiger partial charge is 0.123 e. The predicted octanol–water partition coefficient (Wildman–Crippen LogP) is 4.83. The molecular formula is C18H26ClNO. The van der Waals surface area contributed by atoms with Gasteiger partial charge in [-0.05, 0) is 68.2 Å². The first kappa shape index (κ1) is 15.2. The maximum atomic E-state index is 6.25. The summed E-state index contributed by atoms with van der Waals surface area (Å²) in [5.74, 6) is 3.54. The second-order valence-corrected chi connectivity index (χ2v) is 7.09. The third kappa shape index (κ3) is 3.07. The van der Waals surface area contributed by atoms with E-state index >= 15 is 0 Å². The summed E-state index contributed by atoms with van der Waals surface area (Å²) in [4.78, 5) is 0. The molecule has 0 aliphatic heterocycles. The van der Waals surface area contributed by atoms with Crippen molar-refractivity contribution in [3.63, 3.8) is 0 Å². The normalized spacial score (nSPS) is 28.8. The Labute approximate surface area is 133 Å². The summed E-state index contributed by atoms with van der Waals surface area (Å²) in [6.07, 6.45) is 6.79. The number of benzene rings is 1. The highest BCUT2D eigenvalue weighted by molar-refractivity contribution is 6.30. The largest absolute Gasteiger partial charge is 0.496 e. The second-order valence-electron chi connectivity index (χ2n) is 6.66. The van der Waals surface area contributed by atoms with Gasteiger partial charge in [0.2, 0.25) is 0 Å². The quantitative estimate of drug-likeness (QED) is 0.813. The van der Waals surface area contributed by atoms with Crippen molar-refractivity contribution in [2.45, 2.75) is 45.1 Å². The Balaban J connectivity index is 1.90. The molecular weight excluding hydrogens is 282 g/mol. The zero-order chi connectivity index (χ0) is 14.8. The fourth-order valence-electron chi connectivity index (χ4n) is 4.44. The Hall–Kier alpha value is -0.730. The van der Waals surface area contributed by atoms with Gasteiger partial charge in [0.05, 0.1) is 7.11 Å². The Kier molecular flexibility index (Phi) is 4.75. The average Bonchev–Trinajstić information content (AvgIpc) is 3.11. The monoisotopic (exact) mass is 307 g/mol. The van der Waals surface area contributed by atoms with Crippen LogP contribution in [-0.2, 0) is 0 Å². The van der Waals surface area contributed by atoms with Crippen molar-refractivity contribution in [3.05, 3.63) is 28.8 Å². The van der Waals surface area contributed by atoms with Crippen LogP contribution in [0.4, 0.5) is 0 Å². The molecule has 21 heavy (non-hydrogen) atoms. The van der Waals surface area contributed by atoms with E-state index in [1.807, 2.05) is 12.1 Å². The standard InChI is InChI=1S/C18H26ClNO/c1-3-8-20-18(15-10-12-4-5-13(15)9-12)16-11-14(19)6-7-17(16)21-2/h6-7,11-13,15,18,20H,3-5,8-10H2,1-2H3. The molecule has 2 aliphatic rings. The molecule has 116 valence electrons. The summed E-state index contributed by atoms with van der Waals surface area (Å²) < 4.78 is 5.60. The van der Waals surface area contributed by atoms with Gasteiger partial charge < -0.3 is 10.1 Å². The van der Waals surface area contributed by atoms with E-state index < -0.39 is 0 Å². The third-order valence-corrected chi connectivity index (χ3v) is 5.60. The average molecular weight is 308 g/mol. The van der Waals surface area contributed by atoms with E-state index in [0.29, 0.717) is 6.04 Å².